The number of halogens is 2. The van der Waals surface area contributed by atoms with Crippen molar-refractivity contribution in [2.45, 2.75) is 4.90 Å². The SMILES string of the molecule is O=S(=O)(Nc1ccc(F)cc1Cl)c1ccc2ccccc2c1. The number of rotatable bonds is 3. The topological polar surface area (TPSA) is 46.2 Å². The molecule has 0 amide bonds. The number of anilines is 1. The Kier molecular flexibility index (Phi) is 3.76. The van der Waals surface area contributed by atoms with Gasteiger partial charge < -0.3 is 0 Å². The Morgan fingerprint density at radius 3 is 2.36 bits per heavy atom. The smallest absolute Gasteiger partial charge is 0.261 e. The minimum Gasteiger partial charge on any atom is -0.278 e. The van der Waals surface area contributed by atoms with E-state index in [1.165, 1.54) is 12.1 Å². The summed E-state index contributed by atoms with van der Waals surface area (Å²) in [5, 5.41) is 1.77. The van der Waals surface area contributed by atoms with E-state index < -0.39 is 15.8 Å². The predicted molar refractivity (Wildman–Crippen MR) is 86.2 cm³/mol. The van der Waals surface area contributed by atoms with Gasteiger partial charge in [0.1, 0.15) is 5.82 Å². The lowest BCUT2D eigenvalue weighted by Crippen LogP contribution is -2.13. The summed E-state index contributed by atoms with van der Waals surface area (Å²) in [7, 11) is -3.80. The Bertz CT molecular complexity index is 957. The summed E-state index contributed by atoms with van der Waals surface area (Å²) in [4.78, 5) is 0.117. The third-order valence-corrected chi connectivity index (χ3v) is 4.88. The highest BCUT2D eigenvalue weighted by Crippen LogP contribution is 2.26. The first kappa shape index (κ1) is 14.8. The molecule has 0 radical (unpaired) electrons. The molecule has 22 heavy (non-hydrogen) atoms. The quantitative estimate of drug-likeness (QED) is 0.769. The van der Waals surface area contributed by atoms with Crippen LogP contribution in [-0.2, 0) is 10.0 Å². The van der Waals surface area contributed by atoms with E-state index in [2.05, 4.69) is 4.72 Å². The molecule has 0 bridgehead atoms. The summed E-state index contributed by atoms with van der Waals surface area (Å²) in [6, 6.07) is 15.8. The molecule has 0 fully saturated rings. The van der Waals surface area contributed by atoms with Gasteiger partial charge >= 0.3 is 0 Å². The van der Waals surface area contributed by atoms with Crippen molar-refractivity contribution in [1.29, 1.82) is 0 Å². The molecular weight excluding hydrogens is 325 g/mol. The monoisotopic (exact) mass is 335 g/mol. The van der Waals surface area contributed by atoms with Gasteiger partial charge in [-0.1, -0.05) is 41.9 Å². The van der Waals surface area contributed by atoms with Crippen molar-refractivity contribution >= 4 is 38.1 Å². The Hall–Kier alpha value is -2.11. The zero-order valence-corrected chi connectivity index (χ0v) is 12.8. The predicted octanol–water partition coefficient (Wildman–Crippen LogP) is 4.43. The minimum absolute atomic E-state index is 0.00404. The van der Waals surface area contributed by atoms with Gasteiger partial charge in [-0.2, -0.15) is 0 Å². The fourth-order valence-corrected chi connectivity index (χ4v) is 3.50. The first-order valence-corrected chi connectivity index (χ1v) is 8.28. The molecule has 1 N–H and O–H groups in total. The van der Waals surface area contributed by atoms with E-state index in [1.54, 1.807) is 12.1 Å². The normalized spacial score (nSPS) is 11.5. The van der Waals surface area contributed by atoms with Crippen LogP contribution in [-0.4, -0.2) is 8.42 Å². The van der Waals surface area contributed by atoms with Crippen molar-refractivity contribution in [3.05, 3.63) is 71.5 Å². The number of hydrogen-bond acceptors (Lipinski definition) is 2. The summed E-state index contributed by atoms with van der Waals surface area (Å²) >= 11 is 5.85. The van der Waals surface area contributed by atoms with Crippen molar-refractivity contribution in [3.8, 4) is 0 Å². The molecule has 0 saturated heterocycles. The Labute approximate surface area is 132 Å². The van der Waals surface area contributed by atoms with Gasteiger partial charge in [0.25, 0.3) is 10.0 Å². The van der Waals surface area contributed by atoms with Crippen LogP contribution in [0.5, 0.6) is 0 Å². The van der Waals surface area contributed by atoms with Crippen LogP contribution in [0, 0.1) is 5.82 Å². The summed E-state index contributed by atoms with van der Waals surface area (Å²) in [5.74, 6) is -0.529. The Morgan fingerprint density at radius 1 is 0.909 bits per heavy atom. The number of hydrogen-bond donors (Lipinski definition) is 1. The average molecular weight is 336 g/mol. The molecule has 0 aromatic heterocycles. The molecule has 3 aromatic carbocycles. The first-order valence-electron chi connectivity index (χ1n) is 6.42. The van der Waals surface area contributed by atoms with Crippen molar-refractivity contribution in [2.75, 3.05) is 4.72 Å². The number of benzene rings is 3. The number of sulfonamides is 1. The van der Waals surface area contributed by atoms with Gasteiger partial charge in [-0.25, -0.2) is 12.8 Å². The molecule has 3 nitrogen and oxygen atoms in total. The highest BCUT2D eigenvalue weighted by Gasteiger charge is 2.16. The van der Waals surface area contributed by atoms with Gasteiger partial charge in [-0.3, -0.25) is 4.72 Å². The van der Waals surface area contributed by atoms with Gasteiger partial charge in [0, 0.05) is 0 Å². The molecule has 6 heteroatoms. The maximum absolute atomic E-state index is 13.0. The van der Waals surface area contributed by atoms with Crippen LogP contribution in [0.1, 0.15) is 0 Å². The van der Waals surface area contributed by atoms with E-state index in [1.807, 2.05) is 24.3 Å². The molecule has 0 saturated carbocycles. The van der Waals surface area contributed by atoms with E-state index in [0.717, 1.165) is 22.9 Å². The molecule has 3 rings (SSSR count). The lowest BCUT2D eigenvalue weighted by molar-refractivity contribution is 0.601. The van der Waals surface area contributed by atoms with Crippen LogP contribution in [0.25, 0.3) is 10.8 Å². The molecular formula is C16H11ClFNO2S. The molecule has 112 valence electrons. The van der Waals surface area contributed by atoms with Crippen molar-refractivity contribution in [2.24, 2.45) is 0 Å². The van der Waals surface area contributed by atoms with Crippen molar-refractivity contribution in [3.63, 3.8) is 0 Å². The zero-order valence-electron chi connectivity index (χ0n) is 11.3. The molecule has 0 heterocycles. The van der Waals surface area contributed by atoms with Crippen molar-refractivity contribution < 1.29 is 12.8 Å². The molecule has 0 spiro atoms. The van der Waals surface area contributed by atoms with Gasteiger partial charge in [0.2, 0.25) is 0 Å². The van der Waals surface area contributed by atoms with Crippen molar-refractivity contribution in [1.82, 2.24) is 0 Å². The van der Waals surface area contributed by atoms with E-state index in [9.17, 15) is 12.8 Å². The molecule has 0 aliphatic rings. The fraction of sp³-hybridized carbons (Fsp3) is 0. The van der Waals surface area contributed by atoms with Crippen LogP contribution < -0.4 is 4.72 Å². The third kappa shape index (κ3) is 2.91. The van der Waals surface area contributed by atoms with Gasteiger partial charge in [0.15, 0.2) is 0 Å². The zero-order chi connectivity index (χ0) is 15.7. The second-order valence-corrected chi connectivity index (χ2v) is 6.83. The van der Waals surface area contributed by atoms with Crippen LogP contribution in [0.3, 0.4) is 0 Å². The van der Waals surface area contributed by atoms with Crippen LogP contribution in [0.15, 0.2) is 65.6 Å². The summed E-state index contributed by atoms with van der Waals surface area (Å²) in [5.41, 5.74) is 0.135. The van der Waals surface area contributed by atoms with Crippen LogP contribution >= 0.6 is 11.6 Å². The second-order valence-electron chi connectivity index (χ2n) is 4.74. The summed E-state index contributed by atoms with van der Waals surface area (Å²) in [6.07, 6.45) is 0. The first-order chi connectivity index (χ1) is 10.5. The lowest BCUT2D eigenvalue weighted by atomic mass is 10.1. The highest BCUT2D eigenvalue weighted by atomic mass is 35.5. The fourth-order valence-electron chi connectivity index (χ4n) is 2.11. The average Bonchev–Trinajstić information content (AvgIpc) is 2.49. The summed E-state index contributed by atoms with van der Waals surface area (Å²) < 4.78 is 40.2. The van der Waals surface area contributed by atoms with Crippen LogP contribution in [0.4, 0.5) is 10.1 Å². The van der Waals surface area contributed by atoms with E-state index in [-0.39, 0.29) is 15.6 Å². The maximum atomic E-state index is 13.0. The molecule has 0 atom stereocenters. The molecule has 0 aliphatic carbocycles. The van der Waals surface area contributed by atoms with Crippen LogP contribution in [0.2, 0.25) is 5.02 Å². The second kappa shape index (κ2) is 5.59. The Morgan fingerprint density at radius 2 is 1.64 bits per heavy atom. The number of fused-ring (bicyclic) bond motifs is 1. The van der Waals surface area contributed by atoms with E-state index in [4.69, 9.17) is 11.6 Å². The maximum Gasteiger partial charge on any atom is 0.261 e. The van der Waals surface area contributed by atoms with Gasteiger partial charge in [-0.15, -0.1) is 0 Å². The van der Waals surface area contributed by atoms with Gasteiger partial charge in [-0.05, 0) is 41.1 Å². The lowest BCUT2D eigenvalue weighted by Gasteiger charge is -2.10. The molecule has 3 aromatic rings. The Balaban J connectivity index is 2.00. The third-order valence-electron chi connectivity index (χ3n) is 3.21. The summed E-state index contributed by atoms with van der Waals surface area (Å²) in [6.45, 7) is 0. The highest BCUT2D eigenvalue weighted by molar-refractivity contribution is 7.92. The largest absolute Gasteiger partial charge is 0.278 e. The van der Waals surface area contributed by atoms with E-state index in [0.29, 0.717) is 0 Å². The molecule has 0 aliphatic heterocycles. The molecule has 0 unspecified atom stereocenters. The standard InChI is InChI=1S/C16H11ClFNO2S/c17-15-10-13(18)6-8-16(15)19-22(20,21)14-7-5-11-3-1-2-4-12(11)9-14/h1-10,19H. The number of nitrogens with one attached hydrogen (secondary N) is 1. The van der Waals surface area contributed by atoms with E-state index >= 15 is 0 Å². The van der Waals surface area contributed by atoms with Gasteiger partial charge in [0.05, 0.1) is 15.6 Å². The minimum atomic E-state index is -3.80.